The lowest BCUT2D eigenvalue weighted by atomic mass is 9.96. The Hall–Kier alpha value is -3.29. The van der Waals surface area contributed by atoms with Gasteiger partial charge in [-0.3, -0.25) is 14.4 Å². The van der Waals surface area contributed by atoms with Crippen LogP contribution in [0.5, 0.6) is 0 Å². The van der Waals surface area contributed by atoms with Gasteiger partial charge in [-0.2, -0.15) is 0 Å². The number of halogens is 2. The fraction of sp³-hybridized carbons (Fsp3) is 0.208. The zero-order valence-corrected chi connectivity index (χ0v) is 19.0. The molecule has 1 aromatic heterocycles. The number of furan rings is 1. The van der Waals surface area contributed by atoms with E-state index < -0.39 is 0 Å². The highest BCUT2D eigenvalue weighted by molar-refractivity contribution is 6.42. The average molecular weight is 486 g/mol. The van der Waals surface area contributed by atoms with Crippen molar-refractivity contribution >= 4 is 52.3 Å². The summed E-state index contributed by atoms with van der Waals surface area (Å²) in [6, 6.07) is 14.8. The number of amides is 3. The Kier molecular flexibility index (Phi) is 7.01. The number of hydrogen-bond donors (Lipinski definition) is 2. The Morgan fingerprint density at radius 1 is 0.939 bits per heavy atom. The van der Waals surface area contributed by atoms with E-state index in [9.17, 15) is 14.4 Å². The molecule has 0 radical (unpaired) electrons. The summed E-state index contributed by atoms with van der Waals surface area (Å²) in [6.45, 7) is 0.872. The number of benzene rings is 2. The van der Waals surface area contributed by atoms with Crippen molar-refractivity contribution in [3.05, 3.63) is 82.2 Å². The maximum atomic E-state index is 12.9. The second-order valence-electron chi connectivity index (χ2n) is 7.72. The third kappa shape index (κ3) is 5.56. The molecule has 4 rings (SSSR count). The lowest BCUT2D eigenvalue weighted by Crippen LogP contribution is -2.43. The maximum absolute atomic E-state index is 12.9. The van der Waals surface area contributed by atoms with Crippen LogP contribution in [0, 0.1) is 5.92 Å². The first-order chi connectivity index (χ1) is 15.9. The Bertz CT molecular complexity index is 1180. The minimum Gasteiger partial charge on any atom is -0.459 e. The summed E-state index contributed by atoms with van der Waals surface area (Å²) >= 11 is 12.0. The predicted molar refractivity (Wildman–Crippen MR) is 127 cm³/mol. The standard InChI is InChI=1S/C24H21Cl2N3O4/c25-19-9-8-15(12-20(19)26)24(32)29-10-2-4-16(14-29)22(30)27-17-5-1-6-18(13-17)28-23(31)21-7-3-11-33-21/h1,3,5-9,11-13,16H,2,4,10,14H2,(H,27,30)(H,28,31). The van der Waals surface area contributed by atoms with Gasteiger partial charge in [-0.1, -0.05) is 29.3 Å². The molecule has 0 spiro atoms. The van der Waals surface area contributed by atoms with Crippen LogP contribution >= 0.6 is 23.2 Å². The first-order valence-corrected chi connectivity index (χ1v) is 11.2. The molecule has 3 aromatic rings. The van der Waals surface area contributed by atoms with Gasteiger partial charge in [0.2, 0.25) is 5.91 Å². The summed E-state index contributed by atoms with van der Waals surface area (Å²) in [6.07, 6.45) is 2.81. The van der Waals surface area contributed by atoms with Gasteiger partial charge < -0.3 is 20.0 Å². The van der Waals surface area contributed by atoms with Gasteiger partial charge in [0.25, 0.3) is 11.8 Å². The molecule has 0 aliphatic carbocycles. The summed E-state index contributed by atoms with van der Waals surface area (Å²) < 4.78 is 5.09. The SMILES string of the molecule is O=C(Nc1cccc(NC(=O)C2CCCN(C(=O)c3ccc(Cl)c(Cl)c3)C2)c1)c1ccco1. The van der Waals surface area contributed by atoms with E-state index in [1.807, 2.05) is 0 Å². The number of nitrogens with zero attached hydrogens (tertiary/aromatic N) is 1. The molecule has 9 heteroatoms. The third-order valence-corrected chi connectivity index (χ3v) is 6.12. The van der Waals surface area contributed by atoms with E-state index in [0.717, 1.165) is 0 Å². The molecule has 1 fully saturated rings. The van der Waals surface area contributed by atoms with Crippen molar-refractivity contribution in [2.24, 2.45) is 5.92 Å². The lowest BCUT2D eigenvalue weighted by Gasteiger charge is -2.32. The lowest BCUT2D eigenvalue weighted by molar-refractivity contribution is -0.121. The summed E-state index contributed by atoms with van der Waals surface area (Å²) in [5, 5.41) is 6.31. The van der Waals surface area contributed by atoms with Gasteiger partial charge in [0.15, 0.2) is 5.76 Å². The molecule has 1 aliphatic heterocycles. The van der Waals surface area contributed by atoms with Crippen LogP contribution in [-0.4, -0.2) is 35.7 Å². The molecule has 2 N–H and O–H groups in total. The largest absolute Gasteiger partial charge is 0.459 e. The molecule has 1 saturated heterocycles. The molecule has 0 saturated carbocycles. The molecule has 2 aromatic carbocycles. The quantitative estimate of drug-likeness (QED) is 0.510. The second-order valence-corrected chi connectivity index (χ2v) is 8.54. The number of hydrogen-bond acceptors (Lipinski definition) is 4. The van der Waals surface area contributed by atoms with Gasteiger partial charge in [0, 0.05) is 30.0 Å². The number of carbonyl (C=O) groups excluding carboxylic acids is 3. The molecule has 1 atom stereocenters. The van der Waals surface area contributed by atoms with Gasteiger partial charge in [-0.15, -0.1) is 0 Å². The minimum absolute atomic E-state index is 0.184. The minimum atomic E-state index is -0.382. The smallest absolute Gasteiger partial charge is 0.291 e. The number of likely N-dealkylation sites (tertiary alicyclic amines) is 1. The molecule has 1 aliphatic rings. The normalized spacial score (nSPS) is 15.7. The number of rotatable bonds is 5. The van der Waals surface area contributed by atoms with Crippen molar-refractivity contribution < 1.29 is 18.8 Å². The van der Waals surface area contributed by atoms with E-state index in [2.05, 4.69) is 10.6 Å². The van der Waals surface area contributed by atoms with Crippen LogP contribution in [0.15, 0.2) is 65.3 Å². The van der Waals surface area contributed by atoms with Crippen molar-refractivity contribution in [3.63, 3.8) is 0 Å². The van der Waals surface area contributed by atoms with Crippen molar-refractivity contribution in [1.82, 2.24) is 4.90 Å². The number of carbonyl (C=O) groups is 3. The van der Waals surface area contributed by atoms with Crippen molar-refractivity contribution in [1.29, 1.82) is 0 Å². The molecular weight excluding hydrogens is 465 g/mol. The van der Waals surface area contributed by atoms with Gasteiger partial charge >= 0.3 is 0 Å². The van der Waals surface area contributed by atoms with Crippen molar-refractivity contribution in [2.45, 2.75) is 12.8 Å². The van der Waals surface area contributed by atoms with E-state index in [1.54, 1.807) is 59.5 Å². The summed E-state index contributed by atoms with van der Waals surface area (Å²) in [4.78, 5) is 39.6. The Morgan fingerprint density at radius 2 is 1.73 bits per heavy atom. The maximum Gasteiger partial charge on any atom is 0.291 e. The number of anilines is 2. The van der Waals surface area contributed by atoms with Crippen molar-refractivity contribution in [2.75, 3.05) is 23.7 Å². The van der Waals surface area contributed by atoms with E-state index in [1.165, 1.54) is 6.26 Å². The number of piperidine rings is 1. The Labute approximate surface area is 200 Å². The second kappa shape index (κ2) is 10.1. The zero-order valence-electron chi connectivity index (χ0n) is 17.5. The topological polar surface area (TPSA) is 91.7 Å². The van der Waals surface area contributed by atoms with E-state index >= 15 is 0 Å². The molecule has 7 nitrogen and oxygen atoms in total. The molecule has 1 unspecified atom stereocenters. The molecule has 0 bridgehead atoms. The van der Waals surface area contributed by atoms with Gasteiger partial charge in [0.05, 0.1) is 22.2 Å². The Morgan fingerprint density at radius 3 is 2.45 bits per heavy atom. The van der Waals surface area contributed by atoms with Gasteiger partial charge in [0.1, 0.15) is 0 Å². The monoisotopic (exact) mass is 485 g/mol. The summed E-state index contributed by atoms with van der Waals surface area (Å²) in [7, 11) is 0. The highest BCUT2D eigenvalue weighted by atomic mass is 35.5. The zero-order chi connectivity index (χ0) is 23.4. The highest BCUT2D eigenvalue weighted by Crippen LogP contribution is 2.26. The highest BCUT2D eigenvalue weighted by Gasteiger charge is 2.29. The summed E-state index contributed by atoms with van der Waals surface area (Å²) in [5.74, 6) is -0.915. The fourth-order valence-electron chi connectivity index (χ4n) is 3.71. The fourth-order valence-corrected chi connectivity index (χ4v) is 4.00. The van der Waals surface area contributed by atoms with E-state index in [0.29, 0.717) is 52.9 Å². The van der Waals surface area contributed by atoms with E-state index in [4.69, 9.17) is 27.6 Å². The van der Waals surface area contributed by atoms with Gasteiger partial charge in [-0.05, 0) is 61.4 Å². The van der Waals surface area contributed by atoms with Crippen molar-refractivity contribution in [3.8, 4) is 0 Å². The average Bonchev–Trinajstić information content (AvgIpc) is 3.36. The Balaban J connectivity index is 1.38. The molecular formula is C24H21Cl2N3O4. The van der Waals surface area contributed by atoms with E-state index in [-0.39, 0.29) is 29.4 Å². The van der Waals surface area contributed by atoms with Crippen LogP contribution in [0.2, 0.25) is 10.0 Å². The molecule has 33 heavy (non-hydrogen) atoms. The molecule has 2 heterocycles. The molecule has 3 amide bonds. The van der Waals surface area contributed by atoms with Crippen LogP contribution in [0.25, 0.3) is 0 Å². The van der Waals surface area contributed by atoms with Crippen LogP contribution in [0.1, 0.15) is 33.8 Å². The van der Waals surface area contributed by atoms with Gasteiger partial charge in [-0.25, -0.2) is 0 Å². The predicted octanol–water partition coefficient (Wildman–Crippen LogP) is 5.33. The first kappa shape index (κ1) is 22.9. The van der Waals surface area contributed by atoms with Crippen LogP contribution in [0.4, 0.5) is 11.4 Å². The summed E-state index contributed by atoms with van der Waals surface area (Å²) in [5.41, 5.74) is 1.50. The first-order valence-electron chi connectivity index (χ1n) is 10.4. The third-order valence-electron chi connectivity index (χ3n) is 5.38. The molecule has 170 valence electrons. The van der Waals surface area contributed by atoms with Crippen LogP contribution in [-0.2, 0) is 4.79 Å². The van der Waals surface area contributed by atoms with Crippen LogP contribution < -0.4 is 10.6 Å². The number of nitrogens with one attached hydrogen (secondary N) is 2. The van der Waals surface area contributed by atoms with Crippen LogP contribution in [0.3, 0.4) is 0 Å².